The zero-order valence-corrected chi connectivity index (χ0v) is 10.4. The second-order valence-electron chi connectivity index (χ2n) is 3.91. The predicted octanol–water partition coefficient (Wildman–Crippen LogP) is 4.25. The van der Waals surface area contributed by atoms with Crippen LogP contribution in [-0.4, -0.2) is 0 Å². The molecular formula is C13H11ClF2N2. The van der Waals surface area contributed by atoms with E-state index in [-0.39, 0.29) is 11.4 Å². The molecule has 0 fully saturated rings. The summed E-state index contributed by atoms with van der Waals surface area (Å²) in [6.45, 7) is 1.85. The Bertz CT molecular complexity index is 600. The minimum atomic E-state index is -1.01. The smallest absolute Gasteiger partial charge is 0.184 e. The normalized spacial score (nSPS) is 10.4. The average molecular weight is 269 g/mol. The van der Waals surface area contributed by atoms with Crippen LogP contribution in [0.3, 0.4) is 0 Å². The molecule has 0 bridgehead atoms. The molecule has 2 aromatic carbocycles. The Balaban J connectivity index is 2.39. The molecule has 0 radical (unpaired) electrons. The van der Waals surface area contributed by atoms with Crippen LogP contribution >= 0.6 is 11.6 Å². The summed E-state index contributed by atoms with van der Waals surface area (Å²) >= 11 is 5.95. The lowest BCUT2D eigenvalue weighted by molar-refractivity contribution is 0.512. The van der Waals surface area contributed by atoms with Crippen molar-refractivity contribution >= 4 is 28.7 Å². The maximum atomic E-state index is 13.6. The molecule has 5 heteroatoms. The molecule has 2 aromatic rings. The molecule has 2 rings (SSSR count). The fourth-order valence-electron chi connectivity index (χ4n) is 1.51. The topological polar surface area (TPSA) is 38.0 Å². The molecule has 0 saturated carbocycles. The third kappa shape index (κ3) is 2.38. The van der Waals surface area contributed by atoms with Crippen molar-refractivity contribution in [3.05, 3.63) is 52.6 Å². The van der Waals surface area contributed by atoms with E-state index in [0.29, 0.717) is 10.7 Å². The van der Waals surface area contributed by atoms with Gasteiger partial charge < -0.3 is 11.1 Å². The summed E-state index contributed by atoms with van der Waals surface area (Å²) in [6, 6.07) is 7.40. The minimum absolute atomic E-state index is 0.0880. The van der Waals surface area contributed by atoms with Gasteiger partial charge in [0.15, 0.2) is 11.6 Å². The van der Waals surface area contributed by atoms with Gasteiger partial charge in [0.1, 0.15) is 5.69 Å². The van der Waals surface area contributed by atoms with Crippen molar-refractivity contribution in [2.24, 2.45) is 0 Å². The lowest BCUT2D eigenvalue weighted by Gasteiger charge is -2.11. The van der Waals surface area contributed by atoms with Crippen molar-refractivity contribution in [2.45, 2.75) is 6.92 Å². The molecule has 0 spiro atoms. The predicted molar refractivity (Wildman–Crippen MR) is 70.2 cm³/mol. The molecule has 0 aromatic heterocycles. The number of nitrogens with one attached hydrogen (secondary N) is 1. The van der Waals surface area contributed by atoms with Crippen LogP contribution in [0.25, 0.3) is 0 Å². The molecule has 18 heavy (non-hydrogen) atoms. The van der Waals surface area contributed by atoms with Crippen molar-refractivity contribution in [3.63, 3.8) is 0 Å². The van der Waals surface area contributed by atoms with Gasteiger partial charge in [0.05, 0.1) is 5.69 Å². The van der Waals surface area contributed by atoms with Gasteiger partial charge in [-0.3, -0.25) is 0 Å². The van der Waals surface area contributed by atoms with Crippen molar-refractivity contribution < 1.29 is 8.78 Å². The van der Waals surface area contributed by atoms with E-state index in [1.165, 1.54) is 6.07 Å². The van der Waals surface area contributed by atoms with E-state index in [1.54, 1.807) is 18.2 Å². The fraction of sp³-hybridized carbons (Fsp3) is 0.0769. The molecule has 0 aliphatic carbocycles. The molecule has 0 heterocycles. The summed E-state index contributed by atoms with van der Waals surface area (Å²) in [4.78, 5) is 0. The van der Waals surface area contributed by atoms with Crippen molar-refractivity contribution in [1.29, 1.82) is 0 Å². The lowest BCUT2D eigenvalue weighted by atomic mass is 10.2. The average Bonchev–Trinajstić information content (AvgIpc) is 2.34. The van der Waals surface area contributed by atoms with Crippen LogP contribution in [0.2, 0.25) is 5.02 Å². The van der Waals surface area contributed by atoms with Gasteiger partial charge in [-0.2, -0.15) is 0 Å². The molecule has 0 atom stereocenters. The quantitative estimate of drug-likeness (QED) is 0.799. The molecule has 2 nitrogen and oxygen atoms in total. The fourth-order valence-corrected chi connectivity index (χ4v) is 1.69. The molecule has 0 aliphatic heterocycles. The van der Waals surface area contributed by atoms with E-state index >= 15 is 0 Å². The standard InChI is InChI=1S/C13H11ClF2N2/c1-7-2-3-8(6-9(7)14)18-13-11(17)5-4-10(15)12(13)16/h2-6,18H,17H2,1H3. The van der Waals surface area contributed by atoms with Crippen LogP contribution in [0.4, 0.5) is 25.8 Å². The van der Waals surface area contributed by atoms with E-state index in [0.717, 1.165) is 11.6 Å². The highest BCUT2D eigenvalue weighted by molar-refractivity contribution is 6.31. The number of halogens is 3. The minimum Gasteiger partial charge on any atom is -0.397 e. The molecule has 94 valence electrons. The van der Waals surface area contributed by atoms with Crippen molar-refractivity contribution in [1.82, 2.24) is 0 Å². The van der Waals surface area contributed by atoms with Crippen LogP contribution in [0.5, 0.6) is 0 Å². The number of aryl methyl sites for hydroxylation is 1. The second kappa shape index (κ2) is 4.82. The summed E-state index contributed by atoms with van der Waals surface area (Å²) in [5, 5.41) is 3.26. The lowest BCUT2D eigenvalue weighted by Crippen LogP contribution is -2.01. The highest BCUT2D eigenvalue weighted by atomic mass is 35.5. The van der Waals surface area contributed by atoms with E-state index in [2.05, 4.69) is 5.32 Å². The van der Waals surface area contributed by atoms with Crippen LogP contribution in [0.15, 0.2) is 30.3 Å². The first-order valence-electron chi connectivity index (χ1n) is 5.25. The number of nitrogens with two attached hydrogens (primary N) is 1. The van der Waals surface area contributed by atoms with Gasteiger partial charge in [-0.25, -0.2) is 8.78 Å². The molecule has 0 amide bonds. The van der Waals surface area contributed by atoms with Gasteiger partial charge in [0.25, 0.3) is 0 Å². The van der Waals surface area contributed by atoms with Gasteiger partial charge >= 0.3 is 0 Å². The largest absolute Gasteiger partial charge is 0.397 e. The van der Waals surface area contributed by atoms with Crippen LogP contribution in [0, 0.1) is 18.6 Å². The third-order valence-electron chi connectivity index (χ3n) is 2.57. The van der Waals surface area contributed by atoms with Gasteiger partial charge in [-0.15, -0.1) is 0 Å². The highest BCUT2D eigenvalue weighted by Crippen LogP contribution is 2.29. The van der Waals surface area contributed by atoms with Crippen molar-refractivity contribution in [2.75, 3.05) is 11.1 Å². The van der Waals surface area contributed by atoms with E-state index in [1.807, 2.05) is 6.92 Å². The van der Waals surface area contributed by atoms with E-state index < -0.39 is 11.6 Å². The number of benzene rings is 2. The highest BCUT2D eigenvalue weighted by Gasteiger charge is 2.12. The first kappa shape index (κ1) is 12.6. The number of nitrogen functional groups attached to an aromatic ring is 1. The molecular weight excluding hydrogens is 258 g/mol. The van der Waals surface area contributed by atoms with Crippen LogP contribution in [0.1, 0.15) is 5.56 Å². The van der Waals surface area contributed by atoms with E-state index in [9.17, 15) is 8.78 Å². The van der Waals surface area contributed by atoms with Crippen LogP contribution < -0.4 is 11.1 Å². The maximum Gasteiger partial charge on any atom is 0.184 e. The molecule has 0 aliphatic rings. The van der Waals surface area contributed by atoms with Gasteiger partial charge in [-0.05, 0) is 36.8 Å². The summed E-state index contributed by atoms with van der Waals surface area (Å²) in [5.74, 6) is -1.96. The monoisotopic (exact) mass is 268 g/mol. The second-order valence-corrected chi connectivity index (χ2v) is 4.32. The Labute approximate surface area is 108 Å². The Hall–Kier alpha value is -1.81. The Morgan fingerprint density at radius 2 is 1.89 bits per heavy atom. The summed E-state index contributed by atoms with van der Waals surface area (Å²) < 4.78 is 26.7. The first-order chi connectivity index (χ1) is 8.49. The molecule has 3 N–H and O–H groups in total. The number of hydrogen-bond acceptors (Lipinski definition) is 2. The molecule has 0 saturated heterocycles. The van der Waals surface area contributed by atoms with E-state index in [4.69, 9.17) is 17.3 Å². The van der Waals surface area contributed by atoms with Gasteiger partial charge in [0, 0.05) is 10.7 Å². The zero-order valence-electron chi connectivity index (χ0n) is 9.60. The molecule has 0 unspecified atom stereocenters. The van der Waals surface area contributed by atoms with Crippen molar-refractivity contribution in [3.8, 4) is 0 Å². The number of hydrogen-bond donors (Lipinski definition) is 2. The first-order valence-corrected chi connectivity index (χ1v) is 5.63. The Kier molecular flexibility index (Phi) is 3.39. The summed E-state index contributed by atoms with van der Waals surface area (Å²) in [7, 11) is 0. The SMILES string of the molecule is Cc1ccc(Nc2c(N)ccc(F)c2F)cc1Cl. The summed E-state index contributed by atoms with van der Waals surface area (Å²) in [5.41, 5.74) is 7.09. The number of rotatable bonds is 2. The Morgan fingerprint density at radius 1 is 1.17 bits per heavy atom. The number of anilines is 3. The maximum absolute atomic E-state index is 13.6. The Morgan fingerprint density at radius 3 is 2.56 bits per heavy atom. The van der Waals surface area contributed by atoms with Gasteiger partial charge in [0.2, 0.25) is 0 Å². The van der Waals surface area contributed by atoms with Gasteiger partial charge in [-0.1, -0.05) is 17.7 Å². The summed E-state index contributed by atoms with van der Waals surface area (Å²) in [6.07, 6.45) is 0. The zero-order chi connectivity index (χ0) is 13.3. The third-order valence-corrected chi connectivity index (χ3v) is 2.98. The van der Waals surface area contributed by atoms with Crippen LogP contribution in [-0.2, 0) is 0 Å².